The summed E-state index contributed by atoms with van der Waals surface area (Å²) in [5, 5.41) is 25.3. The first-order valence-electron chi connectivity index (χ1n) is 12.5. The molecule has 3 N–H and O–H groups in total. The summed E-state index contributed by atoms with van der Waals surface area (Å²) in [6.07, 6.45) is 5.79. The number of aromatic nitrogens is 2. The number of nitrogens with zero attached hydrogens (tertiary/aromatic N) is 2. The number of aliphatic hydroxyl groups is 1. The molecule has 0 aliphatic heterocycles. The fourth-order valence-corrected chi connectivity index (χ4v) is 5.40. The van der Waals surface area contributed by atoms with E-state index in [9.17, 15) is 10.2 Å². The Labute approximate surface area is 197 Å². The van der Waals surface area contributed by atoms with E-state index in [1.165, 1.54) is 12.8 Å². The Hall–Kier alpha value is -2.37. The lowest BCUT2D eigenvalue weighted by Crippen LogP contribution is -2.22. The van der Waals surface area contributed by atoms with Crippen LogP contribution in [-0.2, 0) is 6.42 Å². The summed E-state index contributed by atoms with van der Waals surface area (Å²) in [7, 11) is 1.97. The number of benzene rings is 2. The van der Waals surface area contributed by atoms with Gasteiger partial charge in [0, 0.05) is 23.6 Å². The number of hydrogen-bond donors (Lipinski definition) is 3. The van der Waals surface area contributed by atoms with Crippen molar-refractivity contribution in [1.29, 1.82) is 0 Å². The molecular formula is C28H39N3O2. The first-order chi connectivity index (χ1) is 15.9. The average Bonchev–Trinajstić information content (AvgIpc) is 3.22. The lowest BCUT2D eigenvalue weighted by atomic mass is 9.86. The average molecular weight is 450 g/mol. The Morgan fingerprint density at radius 3 is 2.58 bits per heavy atom. The van der Waals surface area contributed by atoms with Crippen molar-refractivity contribution in [2.24, 2.45) is 5.92 Å². The molecule has 0 radical (unpaired) electrons. The summed E-state index contributed by atoms with van der Waals surface area (Å²) in [6, 6.07) is 14.4. The van der Waals surface area contributed by atoms with Gasteiger partial charge in [0.15, 0.2) is 0 Å². The number of rotatable bonds is 8. The second-order valence-electron chi connectivity index (χ2n) is 10.1. The highest BCUT2D eigenvalue weighted by Gasteiger charge is 2.30. The monoisotopic (exact) mass is 449 g/mol. The molecule has 1 aliphatic carbocycles. The maximum absolute atomic E-state index is 11.3. The lowest BCUT2D eigenvalue weighted by Gasteiger charge is -2.31. The van der Waals surface area contributed by atoms with Crippen LogP contribution in [0.2, 0.25) is 0 Å². The van der Waals surface area contributed by atoms with E-state index in [1.54, 1.807) is 0 Å². The van der Waals surface area contributed by atoms with Crippen LogP contribution in [0.25, 0.3) is 11.0 Å². The van der Waals surface area contributed by atoms with Crippen molar-refractivity contribution in [1.82, 2.24) is 14.9 Å². The molecule has 1 saturated carbocycles. The number of phenols is 1. The van der Waals surface area contributed by atoms with E-state index >= 15 is 0 Å². The summed E-state index contributed by atoms with van der Waals surface area (Å²) < 4.78 is 2.40. The molecule has 1 fully saturated rings. The van der Waals surface area contributed by atoms with Crippen LogP contribution in [0.1, 0.15) is 87.9 Å². The molecule has 0 amide bonds. The minimum Gasteiger partial charge on any atom is -0.508 e. The van der Waals surface area contributed by atoms with Crippen molar-refractivity contribution in [3.8, 4) is 5.75 Å². The van der Waals surface area contributed by atoms with E-state index in [0.29, 0.717) is 23.8 Å². The molecule has 1 heterocycles. The minimum absolute atomic E-state index is 0.164. The van der Waals surface area contributed by atoms with Crippen molar-refractivity contribution in [3.63, 3.8) is 0 Å². The van der Waals surface area contributed by atoms with E-state index < -0.39 is 6.10 Å². The number of aryl methyl sites for hydroxylation is 1. The maximum Gasteiger partial charge on any atom is 0.121 e. The molecule has 178 valence electrons. The molecule has 4 rings (SSSR count). The molecule has 0 saturated heterocycles. The van der Waals surface area contributed by atoms with Gasteiger partial charge in [-0.25, -0.2) is 4.98 Å². The first-order valence-corrected chi connectivity index (χ1v) is 12.5. The molecular weight excluding hydrogens is 410 g/mol. The van der Waals surface area contributed by atoms with Gasteiger partial charge in [0.25, 0.3) is 0 Å². The smallest absolute Gasteiger partial charge is 0.121 e. The van der Waals surface area contributed by atoms with E-state index in [4.69, 9.17) is 4.98 Å². The summed E-state index contributed by atoms with van der Waals surface area (Å²) in [4.78, 5) is 5.15. The number of imidazole rings is 1. The number of nitrogens with one attached hydrogen (secondary N) is 1. The van der Waals surface area contributed by atoms with E-state index in [-0.39, 0.29) is 5.92 Å². The second kappa shape index (κ2) is 10.3. The Morgan fingerprint density at radius 1 is 1.12 bits per heavy atom. The third-order valence-electron chi connectivity index (χ3n) is 7.59. The molecule has 2 aromatic carbocycles. The van der Waals surface area contributed by atoms with Gasteiger partial charge < -0.3 is 20.1 Å². The van der Waals surface area contributed by atoms with Crippen LogP contribution in [0.4, 0.5) is 0 Å². The first kappa shape index (κ1) is 23.8. The molecule has 0 spiro atoms. The molecule has 33 heavy (non-hydrogen) atoms. The molecule has 1 aromatic heterocycles. The van der Waals surface area contributed by atoms with Gasteiger partial charge in [-0.15, -0.1) is 0 Å². The van der Waals surface area contributed by atoms with E-state index in [1.807, 2.05) is 49.5 Å². The third-order valence-corrected chi connectivity index (χ3v) is 7.59. The molecule has 0 bridgehead atoms. The van der Waals surface area contributed by atoms with Crippen LogP contribution in [0.3, 0.4) is 0 Å². The number of aromatic hydroxyl groups is 1. The minimum atomic E-state index is -0.635. The van der Waals surface area contributed by atoms with Crippen molar-refractivity contribution < 1.29 is 10.2 Å². The van der Waals surface area contributed by atoms with Crippen molar-refractivity contribution in [2.45, 2.75) is 83.4 Å². The Kier molecular flexibility index (Phi) is 7.40. The zero-order valence-electron chi connectivity index (χ0n) is 20.5. The fraction of sp³-hybridized carbons (Fsp3) is 0.536. The van der Waals surface area contributed by atoms with Crippen molar-refractivity contribution in [3.05, 3.63) is 59.4 Å². The second-order valence-corrected chi connectivity index (χ2v) is 10.1. The summed E-state index contributed by atoms with van der Waals surface area (Å²) in [5.74, 6) is 1.75. The standard InChI is InChI=1S/C28H39N3O2/c1-18-9-8-12-22(17-18)31-24-15-16-25(32)23(14-13-19(2)29-4)26(24)30-28(31)20(3)27(33)21-10-6-5-7-11-21/h5-7,10-11,15-16,18-20,22,27,29,32-33H,8-9,12-14,17H2,1-4H3. The predicted molar refractivity (Wildman–Crippen MR) is 135 cm³/mol. The highest BCUT2D eigenvalue weighted by atomic mass is 16.3. The largest absolute Gasteiger partial charge is 0.508 e. The maximum atomic E-state index is 11.3. The fourth-order valence-electron chi connectivity index (χ4n) is 5.40. The van der Waals surface area contributed by atoms with Gasteiger partial charge in [0.2, 0.25) is 0 Å². The topological polar surface area (TPSA) is 70.3 Å². The van der Waals surface area contributed by atoms with Gasteiger partial charge in [-0.3, -0.25) is 0 Å². The lowest BCUT2D eigenvalue weighted by molar-refractivity contribution is 0.144. The summed E-state index contributed by atoms with van der Waals surface area (Å²) in [5.41, 5.74) is 3.80. The number of aliphatic hydroxyl groups excluding tert-OH is 1. The van der Waals surface area contributed by atoms with Crippen LogP contribution < -0.4 is 5.32 Å². The highest BCUT2D eigenvalue weighted by molar-refractivity contribution is 5.82. The van der Waals surface area contributed by atoms with Crippen LogP contribution in [0.15, 0.2) is 42.5 Å². The number of fused-ring (bicyclic) bond motifs is 1. The quantitative estimate of drug-likeness (QED) is 0.402. The predicted octanol–water partition coefficient (Wildman–Crippen LogP) is 5.87. The SMILES string of the molecule is CNC(C)CCc1c(O)ccc2c1nc(C(C)C(O)c1ccccc1)n2C1CCCC(C)C1. The Morgan fingerprint density at radius 2 is 1.88 bits per heavy atom. The summed E-state index contributed by atoms with van der Waals surface area (Å²) in [6.45, 7) is 6.57. The molecule has 5 heteroatoms. The van der Waals surface area contributed by atoms with Gasteiger partial charge in [0.05, 0.1) is 17.1 Å². The highest BCUT2D eigenvalue weighted by Crippen LogP contribution is 2.41. The number of hydrogen-bond acceptors (Lipinski definition) is 4. The molecule has 1 aliphatic rings. The molecule has 5 nitrogen and oxygen atoms in total. The zero-order chi connectivity index (χ0) is 23.5. The van der Waals surface area contributed by atoms with Gasteiger partial charge in [-0.05, 0) is 63.3 Å². The van der Waals surface area contributed by atoms with Crippen molar-refractivity contribution >= 4 is 11.0 Å². The van der Waals surface area contributed by atoms with Gasteiger partial charge >= 0.3 is 0 Å². The van der Waals surface area contributed by atoms with Crippen LogP contribution in [0, 0.1) is 5.92 Å². The Bertz CT molecular complexity index is 1060. The summed E-state index contributed by atoms with van der Waals surface area (Å²) >= 11 is 0. The van der Waals surface area contributed by atoms with E-state index in [2.05, 4.69) is 30.7 Å². The zero-order valence-corrected chi connectivity index (χ0v) is 20.5. The third kappa shape index (κ3) is 4.95. The van der Waals surface area contributed by atoms with Gasteiger partial charge in [0.1, 0.15) is 11.6 Å². The number of phenolic OH excluding ortho intramolecular Hbond substituents is 1. The molecule has 5 atom stereocenters. The van der Waals surface area contributed by atoms with E-state index in [0.717, 1.165) is 53.7 Å². The van der Waals surface area contributed by atoms with Gasteiger partial charge in [-0.2, -0.15) is 0 Å². The van der Waals surface area contributed by atoms with Crippen LogP contribution >= 0.6 is 0 Å². The molecule has 3 aromatic rings. The Balaban J connectivity index is 1.82. The molecule has 5 unspecified atom stereocenters. The van der Waals surface area contributed by atoms with Crippen LogP contribution in [0.5, 0.6) is 5.75 Å². The van der Waals surface area contributed by atoms with Gasteiger partial charge in [-0.1, -0.05) is 57.0 Å². The van der Waals surface area contributed by atoms with Crippen LogP contribution in [-0.4, -0.2) is 32.9 Å². The normalized spacial score (nSPS) is 21.7. The van der Waals surface area contributed by atoms with Crippen molar-refractivity contribution in [2.75, 3.05) is 7.05 Å².